The van der Waals surface area contributed by atoms with E-state index in [4.69, 9.17) is 4.74 Å². The Bertz CT molecular complexity index is 565. The van der Waals surface area contributed by atoms with Gasteiger partial charge in [-0.1, -0.05) is 18.2 Å². The summed E-state index contributed by atoms with van der Waals surface area (Å²) in [6.07, 6.45) is 0.182. The fraction of sp³-hybridized carbons (Fsp3) is 0.529. The smallest absolute Gasteiger partial charge is 0.410 e. The molecule has 0 bridgehead atoms. The van der Waals surface area contributed by atoms with E-state index in [1.54, 1.807) is 39.0 Å². The molecule has 1 aliphatic heterocycles. The Morgan fingerprint density at radius 3 is 2.68 bits per heavy atom. The molecule has 1 saturated heterocycles. The molecule has 1 heterocycles. The third-order valence-electron chi connectivity index (χ3n) is 3.60. The maximum Gasteiger partial charge on any atom is 0.410 e. The highest BCUT2D eigenvalue weighted by molar-refractivity contribution is 5.84. The number of amides is 1. The molecule has 0 aromatic heterocycles. The molecule has 1 aromatic carbocycles. The van der Waals surface area contributed by atoms with E-state index < -0.39 is 11.7 Å². The molecule has 1 atom stereocenters. The van der Waals surface area contributed by atoms with Gasteiger partial charge in [0.15, 0.2) is 0 Å². The normalized spacial score (nSPS) is 19.2. The van der Waals surface area contributed by atoms with Crippen molar-refractivity contribution in [1.29, 1.82) is 0 Å². The summed E-state index contributed by atoms with van der Waals surface area (Å²) in [5, 5.41) is 0. The molecule has 1 aromatic rings. The second-order valence-electron chi connectivity index (χ2n) is 6.64. The van der Waals surface area contributed by atoms with Crippen LogP contribution >= 0.6 is 0 Å². The molecule has 120 valence electrons. The highest BCUT2D eigenvalue weighted by Gasteiger charge is 2.32. The van der Waals surface area contributed by atoms with E-state index in [1.165, 1.54) is 11.0 Å². The molecule has 2 rings (SSSR count). The van der Waals surface area contributed by atoms with Gasteiger partial charge in [-0.15, -0.1) is 0 Å². The molecule has 0 spiro atoms. The van der Waals surface area contributed by atoms with Gasteiger partial charge < -0.3 is 9.64 Å². The number of rotatable bonds is 2. The van der Waals surface area contributed by atoms with Crippen molar-refractivity contribution in [3.8, 4) is 0 Å². The predicted molar refractivity (Wildman–Crippen MR) is 81.0 cm³/mol. The fourth-order valence-electron chi connectivity index (χ4n) is 2.51. The van der Waals surface area contributed by atoms with Crippen LogP contribution in [0.15, 0.2) is 24.3 Å². The molecule has 0 radical (unpaired) electrons. The molecule has 0 aliphatic carbocycles. The summed E-state index contributed by atoms with van der Waals surface area (Å²) in [7, 11) is 0. The lowest BCUT2D eigenvalue weighted by Gasteiger charge is -2.33. The van der Waals surface area contributed by atoms with Crippen LogP contribution in [0, 0.1) is 11.7 Å². The lowest BCUT2D eigenvalue weighted by molar-refractivity contribution is -0.125. The monoisotopic (exact) mass is 307 g/mol. The van der Waals surface area contributed by atoms with Crippen LogP contribution in [-0.2, 0) is 16.0 Å². The van der Waals surface area contributed by atoms with Crippen LogP contribution in [0.1, 0.15) is 32.8 Å². The highest BCUT2D eigenvalue weighted by atomic mass is 19.1. The number of carbonyl (C=O) groups is 2. The summed E-state index contributed by atoms with van der Waals surface area (Å²) in [4.78, 5) is 25.7. The Labute approximate surface area is 130 Å². The number of halogens is 1. The van der Waals surface area contributed by atoms with E-state index in [0.717, 1.165) is 0 Å². The summed E-state index contributed by atoms with van der Waals surface area (Å²) in [5.74, 6) is -0.620. The lowest BCUT2D eigenvalue weighted by Crippen LogP contribution is -2.46. The van der Waals surface area contributed by atoms with Gasteiger partial charge in [0, 0.05) is 25.4 Å². The van der Waals surface area contributed by atoms with Gasteiger partial charge in [-0.05, 0) is 38.8 Å². The molecule has 22 heavy (non-hydrogen) atoms. The van der Waals surface area contributed by atoms with Gasteiger partial charge in [-0.25, -0.2) is 9.18 Å². The average molecular weight is 307 g/mol. The standard InChI is InChI=1S/C17H22FNO3/c1-17(2,3)22-16(21)19-9-8-15(20)13(11-19)10-12-6-4-5-7-14(12)18/h4-7,13H,8-11H2,1-3H3. The van der Waals surface area contributed by atoms with Crippen molar-refractivity contribution in [2.45, 2.75) is 39.2 Å². The fourth-order valence-corrected chi connectivity index (χ4v) is 2.51. The Balaban J connectivity index is 2.04. The van der Waals surface area contributed by atoms with Gasteiger partial charge in [0.1, 0.15) is 17.2 Å². The second kappa shape index (κ2) is 6.46. The van der Waals surface area contributed by atoms with E-state index in [1.807, 2.05) is 0 Å². The zero-order valence-electron chi connectivity index (χ0n) is 13.3. The number of benzene rings is 1. The third-order valence-corrected chi connectivity index (χ3v) is 3.60. The number of likely N-dealkylation sites (tertiary alicyclic amines) is 1. The Morgan fingerprint density at radius 1 is 1.36 bits per heavy atom. The number of ether oxygens (including phenoxy) is 1. The molecular weight excluding hydrogens is 285 g/mol. The predicted octanol–water partition coefficient (Wildman–Crippen LogP) is 3.19. The van der Waals surface area contributed by atoms with Crippen LogP contribution in [0.25, 0.3) is 0 Å². The minimum Gasteiger partial charge on any atom is -0.444 e. The molecule has 0 saturated carbocycles. The van der Waals surface area contributed by atoms with Gasteiger partial charge in [-0.2, -0.15) is 0 Å². The molecule has 1 amide bonds. The van der Waals surface area contributed by atoms with Crippen molar-refractivity contribution in [3.05, 3.63) is 35.6 Å². The van der Waals surface area contributed by atoms with Gasteiger partial charge in [0.2, 0.25) is 0 Å². The molecule has 0 N–H and O–H groups in total. The van der Waals surface area contributed by atoms with Crippen molar-refractivity contribution >= 4 is 11.9 Å². The van der Waals surface area contributed by atoms with E-state index in [0.29, 0.717) is 24.9 Å². The summed E-state index contributed by atoms with van der Waals surface area (Å²) < 4.78 is 19.1. The lowest BCUT2D eigenvalue weighted by atomic mass is 9.90. The quantitative estimate of drug-likeness (QED) is 0.843. The Morgan fingerprint density at radius 2 is 2.05 bits per heavy atom. The topological polar surface area (TPSA) is 46.6 Å². The first-order valence-electron chi connectivity index (χ1n) is 7.50. The maximum absolute atomic E-state index is 13.7. The number of nitrogens with zero attached hydrogens (tertiary/aromatic N) is 1. The van der Waals surface area contributed by atoms with Crippen LogP contribution < -0.4 is 0 Å². The van der Waals surface area contributed by atoms with E-state index in [-0.39, 0.29) is 24.1 Å². The number of Topliss-reactive ketones (excluding diaryl/α,β-unsaturated/α-hetero) is 1. The molecule has 4 nitrogen and oxygen atoms in total. The maximum atomic E-state index is 13.7. The number of ketones is 1. The summed E-state index contributed by atoms with van der Waals surface area (Å²) >= 11 is 0. The van der Waals surface area contributed by atoms with E-state index >= 15 is 0 Å². The van der Waals surface area contributed by atoms with Gasteiger partial charge in [-0.3, -0.25) is 4.79 Å². The van der Waals surface area contributed by atoms with Crippen molar-refractivity contribution < 1.29 is 18.7 Å². The summed E-state index contributed by atoms with van der Waals surface area (Å²) in [6, 6.07) is 6.43. The first-order chi connectivity index (χ1) is 10.3. The molecule has 1 unspecified atom stereocenters. The molecule has 1 aliphatic rings. The van der Waals surface area contributed by atoms with Gasteiger partial charge in [0.25, 0.3) is 0 Å². The first kappa shape index (κ1) is 16.5. The second-order valence-corrected chi connectivity index (χ2v) is 6.64. The van der Waals surface area contributed by atoms with Crippen LogP contribution in [0.3, 0.4) is 0 Å². The van der Waals surface area contributed by atoms with E-state index in [9.17, 15) is 14.0 Å². The summed E-state index contributed by atoms with van der Waals surface area (Å²) in [5.41, 5.74) is -0.0635. The number of piperidine rings is 1. The number of hydrogen-bond donors (Lipinski definition) is 0. The molecule has 1 fully saturated rings. The van der Waals surface area contributed by atoms with Crippen molar-refractivity contribution in [1.82, 2.24) is 4.90 Å². The van der Waals surface area contributed by atoms with E-state index in [2.05, 4.69) is 0 Å². The summed E-state index contributed by atoms with van der Waals surface area (Å²) in [6.45, 7) is 6.05. The SMILES string of the molecule is CC(C)(C)OC(=O)N1CCC(=O)C(Cc2ccccc2F)C1. The largest absolute Gasteiger partial charge is 0.444 e. The van der Waals surface area contributed by atoms with Gasteiger partial charge in [0.05, 0.1) is 0 Å². The minimum atomic E-state index is -0.570. The Hall–Kier alpha value is -1.91. The highest BCUT2D eigenvalue weighted by Crippen LogP contribution is 2.21. The van der Waals surface area contributed by atoms with Crippen molar-refractivity contribution in [3.63, 3.8) is 0 Å². The Kier molecular flexibility index (Phi) is 4.84. The molecular formula is C17H22FNO3. The van der Waals surface area contributed by atoms with Crippen LogP contribution in [0.4, 0.5) is 9.18 Å². The minimum absolute atomic E-state index is 0.0723. The van der Waals surface area contributed by atoms with Crippen molar-refractivity contribution in [2.24, 2.45) is 5.92 Å². The van der Waals surface area contributed by atoms with Crippen LogP contribution in [-0.4, -0.2) is 35.5 Å². The third kappa shape index (κ3) is 4.29. The van der Waals surface area contributed by atoms with Gasteiger partial charge >= 0.3 is 6.09 Å². The van der Waals surface area contributed by atoms with Crippen LogP contribution in [0.2, 0.25) is 0 Å². The zero-order valence-corrected chi connectivity index (χ0v) is 13.3. The molecule has 5 heteroatoms. The number of hydrogen-bond acceptors (Lipinski definition) is 3. The average Bonchev–Trinajstić information content (AvgIpc) is 2.41. The number of carbonyl (C=O) groups excluding carboxylic acids is 2. The van der Waals surface area contributed by atoms with Crippen molar-refractivity contribution in [2.75, 3.05) is 13.1 Å². The zero-order chi connectivity index (χ0) is 16.3. The van der Waals surface area contributed by atoms with Crippen LogP contribution in [0.5, 0.6) is 0 Å². The first-order valence-corrected chi connectivity index (χ1v) is 7.50.